The summed E-state index contributed by atoms with van der Waals surface area (Å²) in [4.78, 5) is 56.0. The number of ketones is 2. The van der Waals surface area contributed by atoms with Crippen molar-refractivity contribution in [2.24, 2.45) is 13.0 Å². The molecule has 1 saturated carbocycles. The highest BCUT2D eigenvalue weighted by Crippen LogP contribution is 2.62. The first-order chi connectivity index (χ1) is 20.8. The third-order valence-electron chi connectivity index (χ3n) is 9.38. The summed E-state index contributed by atoms with van der Waals surface area (Å²) < 4.78 is 9.19. The molecule has 3 aliphatic rings. The number of carbonyl (C=O) groups is 2. The third kappa shape index (κ3) is 3.64. The predicted molar refractivity (Wildman–Crippen MR) is 159 cm³/mol. The highest BCUT2D eigenvalue weighted by molar-refractivity contribution is 6.31. The van der Waals surface area contributed by atoms with Crippen molar-refractivity contribution in [3.05, 3.63) is 134 Å². The van der Waals surface area contributed by atoms with Gasteiger partial charge in [-0.3, -0.25) is 9.59 Å². The van der Waals surface area contributed by atoms with Gasteiger partial charge in [-0.2, -0.15) is 0 Å². The Morgan fingerprint density at radius 2 is 1.60 bits per heavy atom. The number of aromatic nitrogens is 3. The van der Waals surface area contributed by atoms with Gasteiger partial charge < -0.3 is 9.84 Å². The van der Waals surface area contributed by atoms with Crippen LogP contribution in [0.2, 0.25) is 0 Å². The molecule has 43 heavy (non-hydrogen) atoms. The topological polar surface area (TPSA) is 113 Å². The Kier molecular flexibility index (Phi) is 6.02. The summed E-state index contributed by atoms with van der Waals surface area (Å²) >= 11 is 0. The van der Waals surface area contributed by atoms with Gasteiger partial charge in [0.05, 0.1) is 25.1 Å². The molecule has 4 aromatic rings. The second kappa shape index (κ2) is 9.69. The normalized spacial score (nSPS) is 24.4. The van der Waals surface area contributed by atoms with Crippen molar-refractivity contribution in [3.8, 4) is 11.5 Å². The van der Waals surface area contributed by atoms with Gasteiger partial charge in [0.2, 0.25) is 0 Å². The molecule has 1 aliphatic heterocycles. The molecule has 1 N–H and O–H groups in total. The Labute approximate surface area is 246 Å². The number of carbonyl (C=O) groups excluding carboxylic acids is 2. The summed E-state index contributed by atoms with van der Waals surface area (Å²) in [6, 6.07) is 22.5. The Bertz CT molecular complexity index is 1980. The molecule has 0 saturated heterocycles. The maximum Gasteiger partial charge on any atom is 0.347 e. The van der Waals surface area contributed by atoms with E-state index in [1.54, 1.807) is 24.3 Å². The number of benzene rings is 3. The number of hydrogen-bond donors (Lipinski definition) is 1. The summed E-state index contributed by atoms with van der Waals surface area (Å²) in [5.74, 6) is -1.89. The zero-order valence-corrected chi connectivity index (χ0v) is 23.6. The molecule has 216 valence electrons. The van der Waals surface area contributed by atoms with E-state index in [4.69, 9.17) is 4.74 Å². The number of hydrogen-bond acceptors (Lipinski definition) is 6. The molecular weight excluding hydrogens is 546 g/mol. The predicted octanol–water partition coefficient (Wildman–Crippen LogP) is 3.52. The van der Waals surface area contributed by atoms with Gasteiger partial charge in [-0.05, 0) is 35.3 Å². The van der Waals surface area contributed by atoms with Crippen LogP contribution >= 0.6 is 0 Å². The van der Waals surface area contributed by atoms with Gasteiger partial charge in [-0.1, -0.05) is 72.8 Å². The fraction of sp³-hybridized carbons (Fsp3) is 0.235. The van der Waals surface area contributed by atoms with E-state index in [9.17, 15) is 24.3 Å². The van der Waals surface area contributed by atoms with E-state index < -0.39 is 34.7 Å². The lowest BCUT2D eigenvalue weighted by Gasteiger charge is -2.54. The van der Waals surface area contributed by atoms with Gasteiger partial charge in [-0.25, -0.2) is 23.5 Å². The number of phenolic OH excluding ortho intramolecular Hbond substituents is 1. The number of allylic oxidation sites excluding steroid dienone is 4. The van der Waals surface area contributed by atoms with E-state index in [0.29, 0.717) is 33.6 Å². The number of Topliss-reactive ketones (excluding diaryl/α,β-unsaturated/α-hetero) is 1. The number of phenols is 1. The van der Waals surface area contributed by atoms with Crippen molar-refractivity contribution in [1.29, 1.82) is 0 Å². The molecule has 0 radical (unpaired) electrons. The minimum Gasteiger partial charge on any atom is -0.508 e. The highest BCUT2D eigenvalue weighted by atomic mass is 16.5. The zero-order valence-electron chi connectivity index (χ0n) is 23.6. The molecule has 2 heterocycles. The molecular formula is C34H29N3O6. The zero-order chi connectivity index (χ0) is 30.0. The number of fused-ring (bicyclic) bond motifs is 4. The largest absolute Gasteiger partial charge is 0.508 e. The number of methoxy groups -OCH3 is 1. The van der Waals surface area contributed by atoms with Gasteiger partial charge in [-0.15, -0.1) is 0 Å². The van der Waals surface area contributed by atoms with Crippen LogP contribution in [0.3, 0.4) is 0 Å². The Balaban J connectivity index is 1.57. The molecule has 7 rings (SSSR count). The second-order valence-corrected chi connectivity index (χ2v) is 11.3. The molecule has 2 aliphatic carbocycles. The van der Waals surface area contributed by atoms with Gasteiger partial charge >= 0.3 is 11.4 Å². The molecule has 0 bridgehead atoms. The monoisotopic (exact) mass is 575 g/mol. The average molecular weight is 576 g/mol. The van der Waals surface area contributed by atoms with Crippen molar-refractivity contribution in [2.75, 3.05) is 7.11 Å². The van der Waals surface area contributed by atoms with E-state index in [2.05, 4.69) is 0 Å². The number of ether oxygens (including phenoxy) is 1. The van der Waals surface area contributed by atoms with Crippen LogP contribution in [0.5, 0.6) is 11.5 Å². The van der Waals surface area contributed by atoms with E-state index in [0.717, 1.165) is 4.57 Å². The SMILES string of the molecule is COc1ccc([C@H]2C3=CCn4c(=O)n(C)c(=O)n4[C@@H]3C[C@H]3C(=O)C(c4ccccc4)=CC(=O)[C@@]23c2ccccc2)c(O)c1. The minimum absolute atomic E-state index is 0.0959. The van der Waals surface area contributed by atoms with E-state index in [1.165, 1.54) is 35.7 Å². The number of aromatic hydroxyl groups is 1. The summed E-state index contributed by atoms with van der Waals surface area (Å²) in [6.45, 7) is 0.108. The lowest BCUT2D eigenvalue weighted by Crippen LogP contribution is -2.58. The minimum atomic E-state index is -1.42. The lowest BCUT2D eigenvalue weighted by atomic mass is 9.47. The van der Waals surface area contributed by atoms with Crippen LogP contribution in [0.1, 0.15) is 35.1 Å². The first-order valence-electron chi connectivity index (χ1n) is 14.2. The van der Waals surface area contributed by atoms with Crippen molar-refractivity contribution < 1.29 is 19.4 Å². The van der Waals surface area contributed by atoms with Crippen molar-refractivity contribution >= 4 is 17.1 Å². The molecule has 0 unspecified atom stereocenters. The van der Waals surface area contributed by atoms with Crippen LogP contribution in [0.25, 0.3) is 5.57 Å². The first-order valence-corrected chi connectivity index (χ1v) is 14.2. The Hall–Kier alpha value is -5.18. The quantitative estimate of drug-likeness (QED) is 0.373. The molecule has 4 atom stereocenters. The molecule has 3 aromatic carbocycles. The van der Waals surface area contributed by atoms with Crippen LogP contribution in [0.4, 0.5) is 0 Å². The fourth-order valence-electron chi connectivity index (χ4n) is 7.48. The maximum atomic E-state index is 14.9. The maximum absolute atomic E-state index is 14.9. The van der Waals surface area contributed by atoms with Crippen molar-refractivity contribution in [2.45, 2.75) is 30.3 Å². The molecule has 9 heteroatoms. The van der Waals surface area contributed by atoms with Crippen LogP contribution in [0.15, 0.2) is 106 Å². The smallest absolute Gasteiger partial charge is 0.347 e. The highest BCUT2D eigenvalue weighted by Gasteiger charge is 2.63. The Morgan fingerprint density at radius 1 is 0.907 bits per heavy atom. The average Bonchev–Trinajstić information content (AvgIpc) is 3.26. The van der Waals surface area contributed by atoms with Crippen molar-refractivity contribution in [3.63, 3.8) is 0 Å². The summed E-state index contributed by atoms with van der Waals surface area (Å²) in [5, 5.41) is 11.5. The number of nitrogens with zero attached hydrogens (tertiary/aromatic N) is 3. The van der Waals surface area contributed by atoms with Crippen LogP contribution < -0.4 is 16.1 Å². The van der Waals surface area contributed by atoms with Gasteiger partial charge in [0.25, 0.3) is 0 Å². The summed E-state index contributed by atoms with van der Waals surface area (Å²) in [5.41, 5.74) is 0.329. The standard InChI is InChI=1S/C34H29N3O6/c1-35-32(41)36-16-15-23-27(37(36)33(35)42)19-26-31(40)25(20-9-5-3-6-10-20)18-29(39)34(26,21-11-7-4-8-12-21)30(23)24-14-13-22(43-2)17-28(24)38/h3-15,17-18,26-27,30,38H,16,19H2,1-2H3/t26-,27+,30+,34-/m0/s1. The lowest BCUT2D eigenvalue weighted by molar-refractivity contribution is -0.133. The van der Waals surface area contributed by atoms with Crippen LogP contribution in [-0.4, -0.2) is 37.7 Å². The van der Waals surface area contributed by atoms with Gasteiger partial charge in [0.1, 0.15) is 11.5 Å². The fourth-order valence-corrected chi connectivity index (χ4v) is 7.48. The van der Waals surface area contributed by atoms with Gasteiger partial charge in [0.15, 0.2) is 11.6 Å². The molecule has 1 aromatic heterocycles. The Morgan fingerprint density at radius 3 is 2.28 bits per heavy atom. The van der Waals surface area contributed by atoms with Crippen molar-refractivity contribution in [1.82, 2.24) is 13.9 Å². The van der Waals surface area contributed by atoms with E-state index in [-0.39, 0.29) is 30.3 Å². The summed E-state index contributed by atoms with van der Waals surface area (Å²) in [6.07, 6.45) is 3.43. The molecule has 9 nitrogen and oxygen atoms in total. The molecule has 1 fully saturated rings. The van der Waals surface area contributed by atoms with Gasteiger partial charge in [0, 0.05) is 36.1 Å². The molecule has 0 amide bonds. The second-order valence-electron chi connectivity index (χ2n) is 11.3. The van der Waals surface area contributed by atoms with Crippen LogP contribution in [0, 0.1) is 5.92 Å². The third-order valence-corrected chi connectivity index (χ3v) is 9.38. The van der Waals surface area contributed by atoms with Crippen LogP contribution in [-0.2, 0) is 28.6 Å². The molecule has 0 spiro atoms. The number of rotatable bonds is 4. The summed E-state index contributed by atoms with van der Waals surface area (Å²) in [7, 11) is 2.93. The van der Waals surface area contributed by atoms with E-state index in [1.807, 2.05) is 54.6 Å². The first kappa shape index (κ1) is 26.7. The van der Waals surface area contributed by atoms with E-state index >= 15 is 0 Å².